The summed E-state index contributed by atoms with van der Waals surface area (Å²) in [5.74, 6) is -0.376. The SMILES string of the molecule is Cc1ccc(Cc2ccc(C(=O)O)o2)cc1. The van der Waals surface area contributed by atoms with Gasteiger partial charge >= 0.3 is 5.97 Å². The third-order valence-electron chi connectivity index (χ3n) is 2.37. The lowest BCUT2D eigenvalue weighted by Gasteiger charge is -1.98. The molecular weight excluding hydrogens is 204 g/mol. The first-order valence-corrected chi connectivity index (χ1v) is 5.03. The Morgan fingerprint density at radius 3 is 2.44 bits per heavy atom. The van der Waals surface area contributed by atoms with E-state index in [2.05, 4.69) is 0 Å². The standard InChI is InChI=1S/C13H12O3/c1-9-2-4-10(5-3-9)8-11-6-7-12(16-11)13(14)15/h2-7H,8H2,1H3,(H,14,15). The molecule has 0 spiro atoms. The van der Waals surface area contributed by atoms with Gasteiger partial charge in [0.05, 0.1) is 0 Å². The highest BCUT2D eigenvalue weighted by atomic mass is 16.4. The van der Waals surface area contributed by atoms with Gasteiger partial charge in [0, 0.05) is 6.42 Å². The molecule has 0 fully saturated rings. The molecule has 3 heteroatoms. The Bertz CT molecular complexity index is 494. The Balaban J connectivity index is 2.14. The third kappa shape index (κ3) is 2.31. The molecule has 0 radical (unpaired) electrons. The van der Waals surface area contributed by atoms with Crippen LogP contribution in [0.5, 0.6) is 0 Å². The van der Waals surface area contributed by atoms with E-state index in [-0.39, 0.29) is 5.76 Å². The van der Waals surface area contributed by atoms with Crippen molar-refractivity contribution in [3.05, 3.63) is 59.0 Å². The number of aromatic carboxylic acids is 1. The molecule has 2 rings (SSSR count). The summed E-state index contributed by atoms with van der Waals surface area (Å²) in [4.78, 5) is 10.6. The molecule has 0 atom stereocenters. The van der Waals surface area contributed by atoms with E-state index in [0.717, 1.165) is 5.56 Å². The van der Waals surface area contributed by atoms with E-state index in [0.29, 0.717) is 12.2 Å². The fraction of sp³-hybridized carbons (Fsp3) is 0.154. The van der Waals surface area contributed by atoms with E-state index in [9.17, 15) is 4.79 Å². The van der Waals surface area contributed by atoms with Gasteiger partial charge in [0.2, 0.25) is 5.76 Å². The van der Waals surface area contributed by atoms with Crippen LogP contribution in [0, 0.1) is 6.92 Å². The Labute approximate surface area is 93.3 Å². The van der Waals surface area contributed by atoms with Gasteiger partial charge in [-0.1, -0.05) is 29.8 Å². The summed E-state index contributed by atoms with van der Waals surface area (Å²) in [5, 5.41) is 8.71. The van der Waals surface area contributed by atoms with Crippen molar-refractivity contribution in [2.75, 3.05) is 0 Å². The summed E-state index contributed by atoms with van der Waals surface area (Å²) in [7, 11) is 0. The lowest BCUT2D eigenvalue weighted by molar-refractivity contribution is 0.0660. The molecule has 1 aromatic heterocycles. The molecule has 0 aliphatic rings. The van der Waals surface area contributed by atoms with E-state index in [1.807, 2.05) is 31.2 Å². The maximum absolute atomic E-state index is 10.6. The van der Waals surface area contributed by atoms with E-state index in [1.54, 1.807) is 6.07 Å². The van der Waals surface area contributed by atoms with Gasteiger partial charge < -0.3 is 9.52 Å². The molecule has 1 aromatic carbocycles. The molecule has 16 heavy (non-hydrogen) atoms. The van der Waals surface area contributed by atoms with Gasteiger partial charge in [-0.3, -0.25) is 0 Å². The summed E-state index contributed by atoms with van der Waals surface area (Å²) in [5.41, 5.74) is 2.31. The maximum Gasteiger partial charge on any atom is 0.371 e. The quantitative estimate of drug-likeness (QED) is 0.858. The van der Waals surface area contributed by atoms with Crippen molar-refractivity contribution < 1.29 is 14.3 Å². The Morgan fingerprint density at radius 2 is 1.88 bits per heavy atom. The molecule has 82 valence electrons. The fourth-order valence-corrected chi connectivity index (χ4v) is 1.49. The van der Waals surface area contributed by atoms with Crippen LogP contribution in [-0.2, 0) is 6.42 Å². The smallest absolute Gasteiger partial charge is 0.371 e. The van der Waals surface area contributed by atoms with Crippen molar-refractivity contribution in [1.82, 2.24) is 0 Å². The average Bonchev–Trinajstić information content (AvgIpc) is 2.70. The first kappa shape index (κ1) is 10.5. The van der Waals surface area contributed by atoms with Gasteiger partial charge in [0.25, 0.3) is 0 Å². The molecule has 2 aromatic rings. The van der Waals surface area contributed by atoms with Crippen LogP contribution in [0.2, 0.25) is 0 Å². The van der Waals surface area contributed by atoms with Crippen LogP contribution < -0.4 is 0 Å². The molecule has 0 aliphatic carbocycles. The van der Waals surface area contributed by atoms with Gasteiger partial charge in [-0.05, 0) is 24.6 Å². The highest BCUT2D eigenvalue weighted by Gasteiger charge is 2.08. The molecule has 1 N–H and O–H groups in total. The topological polar surface area (TPSA) is 50.4 Å². The summed E-state index contributed by atoms with van der Waals surface area (Å²) in [6.45, 7) is 2.03. The molecule has 1 heterocycles. The van der Waals surface area contributed by atoms with E-state index in [4.69, 9.17) is 9.52 Å². The number of benzene rings is 1. The fourth-order valence-electron chi connectivity index (χ4n) is 1.49. The minimum Gasteiger partial charge on any atom is -0.475 e. The molecule has 3 nitrogen and oxygen atoms in total. The largest absolute Gasteiger partial charge is 0.475 e. The first-order valence-electron chi connectivity index (χ1n) is 5.03. The monoisotopic (exact) mass is 216 g/mol. The van der Waals surface area contributed by atoms with Gasteiger partial charge in [0.1, 0.15) is 5.76 Å². The lowest BCUT2D eigenvalue weighted by atomic mass is 10.1. The van der Waals surface area contributed by atoms with Crippen molar-refractivity contribution in [1.29, 1.82) is 0 Å². The van der Waals surface area contributed by atoms with Crippen LogP contribution in [0.3, 0.4) is 0 Å². The van der Waals surface area contributed by atoms with Crippen molar-refractivity contribution in [2.45, 2.75) is 13.3 Å². The minimum atomic E-state index is -1.03. The first-order chi connectivity index (χ1) is 7.65. The van der Waals surface area contributed by atoms with E-state index < -0.39 is 5.97 Å². The van der Waals surface area contributed by atoms with Crippen LogP contribution in [-0.4, -0.2) is 11.1 Å². The van der Waals surface area contributed by atoms with Crippen LogP contribution in [0.15, 0.2) is 40.8 Å². The van der Waals surface area contributed by atoms with Crippen LogP contribution >= 0.6 is 0 Å². The van der Waals surface area contributed by atoms with Crippen LogP contribution in [0.4, 0.5) is 0 Å². The second-order valence-corrected chi connectivity index (χ2v) is 3.73. The van der Waals surface area contributed by atoms with Gasteiger partial charge in [-0.15, -0.1) is 0 Å². The van der Waals surface area contributed by atoms with Gasteiger partial charge in [-0.25, -0.2) is 4.79 Å². The zero-order valence-corrected chi connectivity index (χ0v) is 8.93. The normalized spacial score (nSPS) is 10.3. The molecule has 0 saturated heterocycles. The van der Waals surface area contributed by atoms with E-state index >= 15 is 0 Å². The summed E-state index contributed by atoms with van der Waals surface area (Å²) in [6, 6.07) is 11.2. The zero-order chi connectivity index (χ0) is 11.5. The maximum atomic E-state index is 10.6. The summed E-state index contributed by atoms with van der Waals surface area (Å²) < 4.78 is 5.18. The second-order valence-electron chi connectivity index (χ2n) is 3.73. The molecule has 0 unspecified atom stereocenters. The number of carboxylic acid groups (broad SMARTS) is 1. The lowest BCUT2D eigenvalue weighted by Crippen LogP contribution is -1.92. The Kier molecular flexibility index (Phi) is 2.77. The molecule has 0 bridgehead atoms. The molecule has 0 aliphatic heterocycles. The van der Waals surface area contributed by atoms with Crippen LogP contribution in [0.1, 0.15) is 27.4 Å². The number of carbonyl (C=O) groups is 1. The van der Waals surface area contributed by atoms with Crippen LogP contribution in [0.25, 0.3) is 0 Å². The predicted octanol–water partition coefficient (Wildman–Crippen LogP) is 2.88. The third-order valence-corrected chi connectivity index (χ3v) is 2.37. The predicted molar refractivity (Wildman–Crippen MR) is 59.7 cm³/mol. The Morgan fingerprint density at radius 1 is 1.19 bits per heavy atom. The zero-order valence-electron chi connectivity index (χ0n) is 8.93. The van der Waals surface area contributed by atoms with Crippen molar-refractivity contribution in [3.8, 4) is 0 Å². The summed E-state index contributed by atoms with van der Waals surface area (Å²) in [6.07, 6.45) is 0.619. The number of aryl methyl sites for hydroxylation is 1. The highest BCUT2D eigenvalue weighted by molar-refractivity contribution is 5.84. The highest BCUT2D eigenvalue weighted by Crippen LogP contribution is 2.13. The van der Waals surface area contributed by atoms with E-state index in [1.165, 1.54) is 11.6 Å². The number of rotatable bonds is 3. The van der Waals surface area contributed by atoms with Gasteiger partial charge in [0.15, 0.2) is 0 Å². The van der Waals surface area contributed by atoms with Crippen molar-refractivity contribution in [3.63, 3.8) is 0 Å². The van der Waals surface area contributed by atoms with Crippen molar-refractivity contribution in [2.24, 2.45) is 0 Å². The number of carboxylic acids is 1. The Hall–Kier alpha value is -2.03. The summed E-state index contributed by atoms with van der Waals surface area (Å²) >= 11 is 0. The number of furan rings is 1. The number of hydrogen-bond acceptors (Lipinski definition) is 2. The van der Waals surface area contributed by atoms with Crippen molar-refractivity contribution >= 4 is 5.97 Å². The molecule has 0 saturated carbocycles. The molecule has 0 amide bonds. The number of hydrogen-bond donors (Lipinski definition) is 1. The average molecular weight is 216 g/mol. The second kappa shape index (κ2) is 4.23. The van der Waals surface area contributed by atoms with Gasteiger partial charge in [-0.2, -0.15) is 0 Å². The molecular formula is C13H12O3. The minimum absolute atomic E-state index is 0.0119.